The van der Waals surface area contributed by atoms with Crippen LogP contribution in [-0.4, -0.2) is 66.9 Å². The maximum atomic E-state index is 13.5. The lowest BCUT2D eigenvalue weighted by Gasteiger charge is -2.36. The quantitative estimate of drug-likeness (QED) is 0.701. The van der Waals surface area contributed by atoms with Crippen molar-refractivity contribution in [3.05, 3.63) is 52.7 Å². The van der Waals surface area contributed by atoms with Gasteiger partial charge in [-0.2, -0.15) is 18.2 Å². The number of carbonyl (C=O) groups excluding carboxylic acids is 1. The molecule has 3 aliphatic rings. The van der Waals surface area contributed by atoms with Crippen molar-refractivity contribution in [1.82, 2.24) is 15.2 Å². The highest BCUT2D eigenvalue weighted by atomic mass is 19.4. The highest BCUT2D eigenvalue weighted by Crippen LogP contribution is 2.35. The monoisotopic (exact) mass is 499 g/mol. The molecule has 0 saturated carbocycles. The number of aromatic nitrogens is 1. The Morgan fingerprint density at radius 3 is 2.58 bits per heavy atom. The van der Waals surface area contributed by atoms with E-state index in [0.717, 1.165) is 23.1 Å². The lowest BCUT2D eigenvalue weighted by molar-refractivity contribution is -0.138. The molecule has 3 aliphatic heterocycles. The Hall–Kier alpha value is -3.63. The molecular formula is C25H28F3N7O. The van der Waals surface area contributed by atoms with Gasteiger partial charge in [0.05, 0.1) is 30.0 Å². The van der Waals surface area contributed by atoms with Crippen molar-refractivity contribution in [3.63, 3.8) is 0 Å². The van der Waals surface area contributed by atoms with Crippen LogP contribution < -0.4 is 15.1 Å². The summed E-state index contributed by atoms with van der Waals surface area (Å²) in [7, 11) is 0. The molecule has 0 unspecified atom stereocenters. The first-order chi connectivity index (χ1) is 17.1. The maximum Gasteiger partial charge on any atom is 0.416 e. The van der Waals surface area contributed by atoms with E-state index in [1.54, 1.807) is 19.2 Å². The van der Waals surface area contributed by atoms with E-state index in [0.29, 0.717) is 56.6 Å². The van der Waals surface area contributed by atoms with Gasteiger partial charge in [-0.1, -0.05) is 12.1 Å². The van der Waals surface area contributed by atoms with Gasteiger partial charge in [-0.15, -0.1) is 0 Å². The largest absolute Gasteiger partial charge is 0.416 e. The standard InChI is InChI=1S/C25H28F3N7O/c1-15-18(5-4-6-20(15)25(26,27)28)16(2)31-23-19-13-22(34-11-9-33(10-12-34)17(3)36)30-14-21(19)35-8-7-29-24(35)32-23/h4-6,13-14,16H,7-12H2,1-3H3,(H,29,31,32)/t16-/m1/s1. The summed E-state index contributed by atoms with van der Waals surface area (Å²) in [5.41, 5.74) is 1.80. The molecule has 1 fully saturated rings. The first-order valence-corrected chi connectivity index (χ1v) is 12.0. The predicted octanol–water partition coefficient (Wildman–Crippen LogP) is 3.36. The van der Waals surface area contributed by atoms with Crippen LogP contribution in [0.15, 0.2) is 40.4 Å². The number of pyridine rings is 1. The van der Waals surface area contributed by atoms with Crippen LogP contribution in [0.25, 0.3) is 0 Å². The number of carbonyl (C=O) groups is 1. The van der Waals surface area contributed by atoms with Crippen LogP contribution in [-0.2, 0) is 11.0 Å². The second-order valence-corrected chi connectivity index (χ2v) is 9.23. The van der Waals surface area contributed by atoms with Gasteiger partial charge in [-0.3, -0.25) is 4.79 Å². The lowest BCUT2D eigenvalue weighted by Crippen LogP contribution is -2.48. The van der Waals surface area contributed by atoms with Crippen LogP contribution in [0.1, 0.15) is 42.1 Å². The summed E-state index contributed by atoms with van der Waals surface area (Å²) in [4.78, 5) is 31.5. The number of fused-ring (bicyclic) bond motifs is 3. The van der Waals surface area contributed by atoms with E-state index in [9.17, 15) is 18.0 Å². The number of rotatable bonds is 3. The molecule has 36 heavy (non-hydrogen) atoms. The minimum absolute atomic E-state index is 0.0615. The molecule has 0 bridgehead atoms. The highest BCUT2D eigenvalue weighted by molar-refractivity contribution is 6.18. The average Bonchev–Trinajstić information content (AvgIpc) is 3.32. The van der Waals surface area contributed by atoms with Gasteiger partial charge in [-0.25, -0.2) is 9.98 Å². The summed E-state index contributed by atoms with van der Waals surface area (Å²) in [6, 6.07) is 5.78. The molecule has 0 radical (unpaired) electrons. The number of halogens is 3. The van der Waals surface area contributed by atoms with Gasteiger partial charge in [0.2, 0.25) is 11.9 Å². The lowest BCUT2D eigenvalue weighted by atomic mass is 9.97. The molecule has 1 aromatic heterocycles. The number of guanidine groups is 1. The molecule has 11 heteroatoms. The number of alkyl halides is 3. The second kappa shape index (κ2) is 9.11. The molecule has 1 saturated heterocycles. The van der Waals surface area contributed by atoms with Crippen molar-refractivity contribution in [1.29, 1.82) is 0 Å². The van der Waals surface area contributed by atoms with E-state index in [1.165, 1.54) is 13.0 Å². The van der Waals surface area contributed by atoms with Crippen LogP contribution in [0.4, 0.5) is 24.7 Å². The topological polar surface area (TPSA) is 76.4 Å². The summed E-state index contributed by atoms with van der Waals surface area (Å²) in [6.07, 6.45) is -2.61. The zero-order valence-electron chi connectivity index (χ0n) is 20.4. The summed E-state index contributed by atoms with van der Waals surface area (Å²) in [5, 5.41) is 3.35. The van der Waals surface area contributed by atoms with Gasteiger partial charge in [0.15, 0.2) is 0 Å². The molecule has 1 aromatic carbocycles. The van der Waals surface area contributed by atoms with E-state index < -0.39 is 17.8 Å². The smallest absolute Gasteiger partial charge is 0.363 e. The van der Waals surface area contributed by atoms with Crippen LogP contribution in [0, 0.1) is 6.92 Å². The Kier molecular flexibility index (Phi) is 6.09. The number of benzene rings is 1. The SMILES string of the molecule is CC(=O)N1CCN(c2cc3c(cn2)N2CCN=C2N=C3N[C@H](C)c2cccc(C(F)(F)F)c2C)CC1. The van der Waals surface area contributed by atoms with E-state index >= 15 is 0 Å². The third-order valence-electron chi connectivity index (χ3n) is 6.99. The average molecular weight is 500 g/mol. The van der Waals surface area contributed by atoms with Crippen molar-refractivity contribution < 1.29 is 18.0 Å². The molecular weight excluding hydrogens is 471 g/mol. The van der Waals surface area contributed by atoms with Crippen molar-refractivity contribution in [2.45, 2.75) is 33.0 Å². The number of nitrogens with zero attached hydrogens (tertiary/aromatic N) is 6. The number of amidine groups is 1. The van der Waals surface area contributed by atoms with Crippen LogP contribution in [0.2, 0.25) is 0 Å². The first kappa shape index (κ1) is 24.1. The fourth-order valence-electron chi connectivity index (χ4n) is 5.01. The Morgan fingerprint density at radius 2 is 1.89 bits per heavy atom. The van der Waals surface area contributed by atoms with Crippen molar-refractivity contribution in [2.24, 2.45) is 9.98 Å². The van der Waals surface area contributed by atoms with Gasteiger partial charge in [-0.05, 0) is 37.1 Å². The summed E-state index contributed by atoms with van der Waals surface area (Å²) < 4.78 is 40.5. The highest BCUT2D eigenvalue weighted by Gasteiger charge is 2.34. The van der Waals surface area contributed by atoms with Gasteiger partial charge < -0.3 is 20.0 Å². The van der Waals surface area contributed by atoms with Crippen molar-refractivity contribution >= 4 is 29.2 Å². The Bertz CT molecular complexity index is 1250. The number of anilines is 2. The second-order valence-electron chi connectivity index (χ2n) is 9.23. The zero-order chi connectivity index (χ0) is 25.6. The number of piperazine rings is 1. The fourth-order valence-corrected chi connectivity index (χ4v) is 5.01. The Balaban J connectivity index is 1.45. The number of hydrogen-bond donors (Lipinski definition) is 1. The molecule has 1 atom stereocenters. The summed E-state index contributed by atoms with van der Waals surface area (Å²) in [5.74, 6) is 1.96. The molecule has 8 nitrogen and oxygen atoms in total. The van der Waals surface area contributed by atoms with Crippen molar-refractivity contribution in [3.8, 4) is 0 Å². The number of nitrogens with one attached hydrogen (secondary N) is 1. The van der Waals surface area contributed by atoms with E-state index in [2.05, 4.69) is 20.2 Å². The molecule has 190 valence electrons. The molecule has 1 amide bonds. The van der Waals surface area contributed by atoms with Gasteiger partial charge in [0.25, 0.3) is 0 Å². The number of aliphatic imine (C=N–C) groups is 2. The zero-order valence-corrected chi connectivity index (χ0v) is 20.4. The van der Waals surface area contributed by atoms with E-state index in [4.69, 9.17) is 4.99 Å². The van der Waals surface area contributed by atoms with Crippen molar-refractivity contribution in [2.75, 3.05) is 49.1 Å². The van der Waals surface area contributed by atoms with E-state index in [1.807, 2.05) is 22.8 Å². The first-order valence-electron chi connectivity index (χ1n) is 12.0. The van der Waals surface area contributed by atoms with E-state index in [-0.39, 0.29) is 11.5 Å². The van der Waals surface area contributed by atoms with Crippen LogP contribution in [0.3, 0.4) is 0 Å². The Labute approximate surface area is 207 Å². The van der Waals surface area contributed by atoms with Gasteiger partial charge in [0, 0.05) is 45.2 Å². The third-order valence-corrected chi connectivity index (χ3v) is 6.99. The minimum Gasteiger partial charge on any atom is -0.363 e. The number of amides is 1. The summed E-state index contributed by atoms with van der Waals surface area (Å²) >= 11 is 0. The van der Waals surface area contributed by atoms with Crippen LogP contribution in [0.5, 0.6) is 0 Å². The minimum atomic E-state index is -4.42. The Morgan fingerprint density at radius 1 is 1.14 bits per heavy atom. The summed E-state index contributed by atoms with van der Waals surface area (Å²) in [6.45, 7) is 8.80. The predicted molar refractivity (Wildman–Crippen MR) is 133 cm³/mol. The normalized spacial score (nSPS) is 18.3. The molecule has 4 heterocycles. The maximum absolute atomic E-state index is 13.5. The molecule has 0 aliphatic carbocycles. The fraction of sp³-hybridized carbons (Fsp3) is 0.440. The third kappa shape index (κ3) is 4.38. The molecule has 0 spiro atoms. The molecule has 2 aromatic rings. The van der Waals surface area contributed by atoms with Gasteiger partial charge in [0.1, 0.15) is 11.7 Å². The van der Waals surface area contributed by atoms with Crippen LogP contribution >= 0.6 is 0 Å². The van der Waals surface area contributed by atoms with Gasteiger partial charge >= 0.3 is 6.18 Å². The molecule has 5 rings (SSSR count). The number of hydrogen-bond acceptors (Lipinski definition) is 7. The molecule has 1 N–H and O–H groups in total.